The number of guanidine groups is 1. The Balaban J connectivity index is 0.00000264. The highest BCUT2D eigenvalue weighted by molar-refractivity contribution is 14.0. The van der Waals surface area contributed by atoms with Crippen molar-refractivity contribution in [3.63, 3.8) is 0 Å². The zero-order valence-corrected chi connectivity index (χ0v) is 16.6. The predicted molar refractivity (Wildman–Crippen MR) is 104 cm³/mol. The van der Waals surface area contributed by atoms with Gasteiger partial charge < -0.3 is 14.8 Å². The van der Waals surface area contributed by atoms with Crippen molar-refractivity contribution in [3.05, 3.63) is 47.0 Å². The summed E-state index contributed by atoms with van der Waals surface area (Å²) in [5, 5.41) is 12.1. The molecule has 0 atom stereocenters. The maximum atomic E-state index is 6.21. The monoisotopic (exact) mass is 448 g/mol. The predicted octanol–water partition coefficient (Wildman–Crippen LogP) is 2.78. The maximum Gasteiger partial charge on any atom is 0.194 e. The summed E-state index contributed by atoms with van der Waals surface area (Å²) in [6.07, 6.45) is 1.73. The Morgan fingerprint density at radius 3 is 2.78 bits per heavy atom. The number of rotatable bonds is 5. The van der Waals surface area contributed by atoms with Crippen molar-refractivity contribution in [2.45, 2.75) is 26.6 Å². The molecule has 1 heterocycles. The molecule has 0 bridgehead atoms. The van der Waals surface area contributed by atoms with E-state index < -0.39 is 0 Å². The van der Waals surface area contributed by atoms with Gasteiger partial charge in [0, 0.05) is 32.2 Å². The van der Waals surface area contributed by atoms with E-state index in [1.807, 2.05) is 40.8 Å². The van der Waals surface area contributed by atoms with Crippen molar-refractivity contribution in [2.75, 3.05) is 14.1 Å². The fourth-order valence-corrected chi connectivity index (χ4v) is 2.38. The van der Waals surface area contributed by atoms with Gasteiger partial charge in [-0.15, -0.1) is 34.2 Å². The van der Waals surface area contributed by atoms with Gasteiger partial charge in [0.1, 0.15) is 6.33 Å². The van der Waals surface area contributed by atoms with Crippen molar-refractivity contribution in [3.8, 4) is 0 Å². The third-order valence-electron chi connectivity index (χ3n) is 3.38. The van der Waals surface area contributed by atoms with Crippen molar-refractivity contribution >= 4 is 41.5 Å². The number of halogens is 2. The van der Waals surface area contributed by atoms with Gasteiger partial charge >= 0.3 is 0 Å². The fraction of sp³-hybridized carbons (Fsp3) is 0.400. The zero-order chi connectivity index (χ0) is 15.9. The minimum atomic E-state index is 0. The molecule has 0 unspecified atom stereocenters. The van der Waals surface area contributed by atoms with Crippen LogP contribution in [0.25, 0.3) is 0 Å². The molecule has 126 valence electrons. The van der Waals surface area contributed by atoms with Crippen LogP contribution in [0.4, 0.5) is 0 Å². The van der Waals surface area contributed by atoms with E-state index in [2.05, 4.69) is 27.4 Å². The van der Waals surface area contributed by atoms with E-state index in [-0.39, 0.29) is 24.0 Å². The van der Waals surface area contributed by atoms with Crippen LogP contribution in [0.15, 0.2) is 35.6 Å². The largest absolute Gasteiger partial charge is 0.349 e. The minimum Gasteiger partial charge on any atom is -0.349 e. The number of aryl methyl sites for hydroxylation is 1. The topological polar surface area (TPSA) is 58.3 Å². The first-order valence-corrected chi connectivity index (χ1v) is 7.55. The molecule has 2 rings (SSSR count). The third-order valence-corrected chi connectivity index (χ3v) is 3.75. The van der Waals surface area contributed by atoms with Crippen LogP contribution >= 0.6 is 35.6 Å². The minimum absolute atomic E-state index is 0. The highest BCUT2D eigenvalue weighted by Crippen LogP contribution is 2.16. The Morgan fingerprint density at radius 1 is 1.39 bits per heavy atom. The molecule has 1 aromatic carbocycles. The summed E-state index contributed by atoms with van der Waals surface area (Å²) >= 11 is 6.21. The molecule has 1 N–H and O–H groups in total. The van der Waals surface area contributed by atoms with Gasteiger partial charge in [-0.05, 0) is 18.6 Å². The van der Waals surface area contributed by atoms with Crippen LogP contribution in [-0.2, 0) is 19.6 Å². The average molecular weight is 449 g/mol. The second-order valence-corrected chi connectivity index (χ2v) is 5.29. The van der Waals surface area contributed by atoms with E-state index in [9.17, 15) is 0 Å². The standard InChI is InChI=1S/C15H21ClN6.HI/c1-4-22-11-19-20-14(22)9-18-15(17-2)21(3)10-12-7-5-6-8-13(12)16;/h5-8,11H,4,9-10H2,1-3H3,(H,17,18);1H. The molecule has 0 saturated heterocycles. The fourth-order valence-electron chi connectivity index (χ4n) is 2.18. The molecule has 2 aromatic rings. The molecule has 0 aliphatic carbocycles. The molecule has 23 heavy (non-hydrogen) atoms. The Kier molecular flexibility index (Phi) is 8.32. The molecule has 0 radical (unpaired) electrons. The van der Waals surface area contributed by atoms with E-state index in [0.29, 0.717) is 13.1 Å². The first kappa shape index (κ1) is 19.7. The van der Waals surface area contributed by atoms with Crippen LogP contribution in [0.2, 0.25) is 5.02 Å². The number of aromatic nitrogens is 3. The zero-order valence-electron chi connectivity index (χ0n) is 13.5. The number of benzene rings is 1. The van der Waals surface area contributed by atoms with Crippen LogP contribution in [0.1, 0.15) is 18.3 Å². The van der Waals surface area contributed by atoms with E-state index in [1.165, 1.54) is 0 Å². The van der Waals surface area contributed by atoms with Gasteiger partial charge in [0.05, 0.1) is 6.54 Å². The van der Waals surface area contributed by atoms with Gasteiger partial charge in [-0.3, -0.25) is 4.99 Å². The summed E-state index contributed by atoms with van der Waals surface area (Å²) in [6.45, 7) is 4.16. The Labute approximate surface area is 159 Å². The van der Waals surface area contributed by atoms with Crippen molar-refractivity contribution in [1.29, 1.82) is 0 Å². The van der Waals surface area contributed by atoms with Gasteiger partial charge in [-0.2, -0.15) is 0 Å². The molecule has 8 heteroatoms. The van der Waals surface area contributed by atoms with Gasteiger partial charge in [-0.25, -0.2) is 0 Å². The van der Waals surface area contributed by atoms with Crippen molar-refractivity contribution < 1.29 is 0 Å². The molecular weight excluding hydrogens is 427 g/mol. The SMILES string of the molecule is CCn1cnnc1CNC(=NC)N(C)Cc1ccccc1Cl.I. The lowest BCUT2D eigenvalue weighted by Crippen LogP contribution is -2.38. The lowest BCUT2D eigenvalue weighted by Gasteiger charge is -2.22. The highest BCUT2D eigenvalue weighted by atomic mass is 127. The Morgan fingerprint density at radius 2 is 2.13 bits per heavy atom. The van der Waals surface area contributed by atoms with E-state index in [0.717, 1.165) is 28.9 Å². The summed E-state index contributed by atoms with van der Waals surface area (Å²) in [4.78, 5) is 6.32. The highest BCUT2D eigenvalue weighted by Gasteiger charge is 2.10. The summed E-state index contributed by atoms with van der Waals surface area (Å²) < 4.78 is 1.99. The van der Waals surface area contributed by atoms with Crippen molar-refractivity contribution in [2.24, 2.45) is 4.99 Å². The molecule has 0 spiro atoms. The first-order valence-electron chi connectivity index (χ1n) is 7.17. The Hall–Kier alpha value is -1.35. The van der Waals surface area contributed by atoms with Crippen LogP contribution in [0.5, 0.6) is 0 Å². The number of nitrogens with one attached hydrogen (secondary N) is 1. The number of aliphatic imine (C=N–C) groups is 1. The number of hydrogen-bond acceptors (Lipinski definition) is 3. The maximum absolute atomic E-state index is 6.21. The smallest absolute Gasteiger partial charge is 0.194 e. The summed E-state index contributed by atoms with van der Waals surface area (Å²) in [5.74, 6) is 1.67. The van der Waals surface area contributed by atoms with E-state index in [1.54, 1.807) is 13.4 Å². The van der Waals surface area contributed by atoms with Crippen LogP contribution < -0.4 is 5.32 Å². The van der Waals surface area contributed by atoms with Gasteiger partial charge in [0.25, 0.3) is 0 Å². The molecule has 0 fully saturated rings. The average Bonchev–Trinajstić information content (AvgIpc) is 2.98. The molecule has 0 amide bonds. The second-order valence-electron chi connectivity index (χ2n) is 4.88. The van der Waals surface area contributed by atoms with E-state index >= 15 is 0 Å². The van der Waals surface area contributed by atoms with Crippen molar-refractivity contribution in [1.82, 2.24) is 25.0 Å². The van der Waals surface area contributed by atoms with E-state index in [4.69, 9.17) is 11.6 Å². The number of nitrogens with zero attached hydrogens (tertiary/aromatic N) is 5. The Bertz CT molecular complexity index is 642. The van der Waals surface area contributed by atoms with Gasteiger partial charge in [0.2, 0.25) is 0 Å². The quantitative estimate of drug-likeness (QED) is 0.434. The summed E-state index contributed by atoms with van der Waals surface area (Å²) in [5.41, 5.74) is 1.06. The second kappa shape index (κ2) is 9.71. The molecule has 0 saturated carbocycles. The normalized spacial score (nSPS) is 11.0. The van der Waals surface area contributed by atoms with Crippen LogP contribution in [0.3, 0.4) is 0 Å². The molecular formula is C15H22ClIN6. The molecule has 0 aliphatic heterocycles. The van der Waals surface area contributed by atoms with Crippen LogP contribution in [-0.4, -0.2) is 39.7 Å². The molecule has 6 nitrogen and oxygen atoms in total. The van der Waals surface area contributed by atoms with Gasteiger partial charge in [-0.1, -0.05) is 29.8 Å². The summed E-state index contributed by atoms with van der Waals surface area (Å²) in [7, 11) is 3.74. The third kappa shape index (κ3) is 5.35. The molecule has 0 aliphatic rings. The molecule has 1 aromatic heterocycles. The number of hydrogen-bond donors (Lipinski definition) is 1. The lowest BCUT2D eigenvalue weighted by atomic mass is 10.2. The van der Waals surface area contributed by atoms with Gasteiger partial charge in [0.15, 0.2) is 11.8 Å². The first-order chi connectivity index (χ1) is 10.7. The lowest BCUT2D eigenvalue weighted by molar-refractivity contribution is 0.474. The summed E-state index contributed by atoms with van der Waals surface area (Å²) in [6, 6.07) is 7.82. The van der Waals surface area contributed by atoms with Crippen LogP contribution in [0, 0.1) is 0 Å².